The molecule has 2 N–H and O–H groups in total. The maximum absolute atomic E-state index is 14.8. The molecule has 40 heavy (non-hydrogen) atoms. The quantitative estimate of drug-likeness (QED) is 0.481. The molecular formula is C32H31N3O5. The number of Topliss-reactive ketones (excluding diaryl/α,β-unsaturated/α-hetero) is 1. The van der Waals surface area contributed by atoms with Crippen molar-refractivity contribution in [1.82, 2.24) is 4.90 Å². The molecule has 3 aromatic rings. The van der Waals surface area contributed by atoms with Crippen molar-refractivity contribution < 1.29 is 23.9 Å². The summed E-state index contributed by atoms with van der Waals surface area (Å²) in [5, 5.41) is 6.25. The summed E-state index contributed by atoms with van der Waals surface area (Å²) in [5.74, 6) is -0.619. The van der Waals surface area contributed by atoms with Crippen molar-refractivity contribution in [1.29, 1.82) is 0 Å². The molecule has 2 saturated heterocycles. The zero-order chi connectivity index (χ0) is 28.0. The minimum Gasteiger partial charge on any atom is -0.493 e. The molecule has 2 amide bonds. The van der Waals surface area contributed by atoms with Crippen LogP contribution in [0.15, 0.2) is 54.6 Å². The van der Waals surface area contributed by atoms with Gasteiger partial charge in [0.1, 0.15) is 11.0 Å². The molecule has 2 fully saturated rings. The highest BCUT2D eigenvalue weighted by Gasteiger charge is 2.81. The van der Waals surface area contributed by atoms with E-state index in [9.17, 15) is 14.4 Å². The molecule has 204 valence electrons. The average molecular weight is 538 g/mol. The Labute approximate surface area is 232 Å². The first kappa shape index (κ1) is 24.8. The third kappa shape index (κ3) is 2.77. The maximum Gasteiger partial charge on any atom is 0.251 e. The van der Waals surface area contributed by atoms with Crippen molar-refractivity contribution in [3.63, 3.8) is 0 Å². The number of anilines is 2. The van der Waals surface area contributed by atoms with Gasteiger partial charge in [-0.25, -0.2) is 0 Å². The van der Waals surface area contributed by atoms with E-state index in [1.165, 1.54) is 7.11 Å². The van der Waals surface area contributed by atoms with Gasteiger partial charge in [-0.2, -0.15) is 0 Å². The van der Waals surface area contributed by atoms with Gasteiger partial charge in [0, 0.05) is 28.5 Å². The van der Waals surface area contributed by atoms with Gasteiger partial charge in [0.15, 0.2) is 17.3 Å². The maximum atomic E-state index is 14.8. The fourth-order valence-corrected chi connectivity index (χ4v) is 8.21. The molecule has 4 aliphatic rings. The lowest BCUT2D eigenvalue weighted by Crippen LogP contribution is -2.62. The first-order valence-corrected chi connectivity index (χ1v) is 13.7. The summed E-state index contributed by atoms with van der Waals surface area (Å²) in [6.07, 6.45) is 1.53. The van der Waals surface area contributed by atoms with Crippen molar-refractivity contribution in [2.75, 3.05) is 31.4 Å². The Balaban J connectivity index is 1.56. The van der Waals surface area contributed by atoms with E-state index in [4.69, 9.17) is 9.47 Å². The molecule has 7 rings (SSSR count). The Morgan fingerprint density at radius 1 is 0.925 bits per heavy atom. The number of para-hydroxylation sites is 1. The third-order valence-electron chi connectivity index (χ3n) is 9.50. The van der Waals surface area contributed by atoms with Gasteiger partial charge in [-0.05, 0) is 68.6 Å². The number of rotatable bonds is 4. The molecule has 3 aromatic carbocycles. The van der Waals surface area contributed by atoms with Crippen LogP contribution in [-0.4, -0.2) is 49.3 Å². The number of aryl methyl sites for hydroxylation is 2. The summed E-state index contributed by atoms with van der Waals surface area (Å²) in [4.78, 5) is 46.2. The lowest BCUT2D eigenvalue weighted by molar-refractivity contribution is -0.137. The van der Waals surface area contributed by atoms with Gasteiger partial charge < -0.3 is 20.1 Å². The predicted molar refractivity (Wildman–Crippen MR) is 150 cm³/mol. The summed E-state index contributed by atoms with van der Waals surface area (Å²) in [6, 6.07) is 16.4. The van der Waals surface area contributed by atoms with E-state index < -0.39 is 16.9 Å². The summed E-state index contributed by atoms with van der Waals surface area (Å²) in [6.45, 7) is 4.59. The van der Waals surface area contributed by atoms with Gasteiger partial charge >= 0.3 is 0 Å². The van der Waals surface area contributed by atoms with Crippen LogP contribution in [0, 0.1) is 19.8 Å². The number of amides is 2. The number of ether oxygens (including phenoxy) is 2. The van der Waals surface area contributed by atoms with E-state index in [1.54, 1.807) is 25.3 Å². The number of nitrogens with one attached hydrogen (secondary N) is 2. The van der Waals surface area contributed by atoms with E-state index in [2.05, 4.69) is 15.5 Å². The van der Waals surface area contributed by atoms with Gasteiger partial charge in [0.05, 0.1) is 20.1 Å². The van der Waals surface area contributed by atoms with Crippen LogP contribution in [-0.2, 0) is 20.5 Å². The monoisotopic (exact) mass is 537 g/mol. The summed E-state index contributed by atoms with van der Waals surface area (Å²) >= 11 is 0. The van der Waals surface area contributed by atoms with E-state index in [0.717, 1.165) is 28.8 Å². The zero-order valence-electron chi connectivity index (χ0n) is 23.0. The zero-order valence-corrected chi connectivity index (χ0v) is 23.0. The number of hydrogen-bond acceptors (Lipinski definition) is 6. The van der Waals surface area contributed by atoms with Crippen LogP contribution in [0.1, 0.15) is 45.5 Å². The second-order valence-corrected chi connectivity index (χ2v) is 11.3. The largest absolute Gasteiger partial charge is 0.493 e. The Kier molecular flexibility index (Phi) is 5.23. The van der Waals surface area contributed by atoms with Crippen LogP contribution in [0.2, 0.25) is 0 Å². The highest BCUT2D eigenvalue weighted by molar-refractivity contribution is 6.21. The molecule has 8 heteroatoms. The number of hydrogen-bond donors (Lipinski definition) is 2. The average Bonchev–Trinajstić information content (AvgIpc) is 3.67. The number of ketones is 1. The molecule has 0 unspecified atom stereocenters. The number of carbonyl (C=O) groups is 3. The molecule has 2 spiro atoms. The minimum atomic E-state index is -1.48. The van der Waals surface area contributed by atoms with Crippen LogP contribution in [0.25, 0.3) is 0 Å². The molecule has 0 bridgehead atoms. The van der Waals surface area contributed by atoms with Gasteiger partial charge in [0.2, 0.25) is 5.91 Å². The van der Waals surface area contributed by atoms with Crippen LogP contribution < -0.4 is 20.1 Å². The predicted octanol–water partition coefficient (Wildman–Crippen LogP) is 4.34. The second kappa shape index (κ2) is 8.41. The fraction of sp³-hybridized carbons (Fsp3) is 0.344. The number of benzene rings is 3. The van der Waals surface area contributed by atoms with Crippen LogP contribution in [0.3, 0.4) is 0 Å². The molecule has 4 atom stereocenters. The number of carbonyl (C=O) groups excluding carboxylic acids is 3. The summed E-state index contributed by atoms with van der Waals surface area (Å²) < 4.78 is 10.9. The Morgan fingerprint density at radius 3 is 2.48 bits per heavy atom. The molecule has 4 heterocycles. The first-order valence-electron chi connectivity index (χ1n) is 13.7. The van der Waals surface area contributed by atoms with Crippen LogP contribution in [0.4, 0.5) is 11.4 Å². The van der Waals surface area contributed by atoms with Gasteiger partial charge in [-0.1, -0.05) is 35.9 Å². The van der Waals surface area contributed by atoms with E-state index in [-0.39, 0.29) is 23.6 Å². The number of methoxy groups -OCH3 is 2. The second-order valence-electron chi connectivity index (χ2n) is 11.3. The highest BCUT2D eigenvalue weighted by atomic mass is 16.5. The fourth-order valence-electron chi connectivity index (χ4n) is 8.21. The van der Waals surface area contributed by atoms with Gasteiger partial charge in [0.25, 0.3) is 5.91 Å². The SMILES string of the molecule is COc1ccc(C(=O)[C@@H]2[C@H]3CCCN3[C@]3(C(=O)Nc4c(C)cc(C)cc43)[C@]23C(=O)Nc2ccccc23)cc1OC. The Hall–Kier alpha value is -4.17. The standard InChI is InChI=1S/C32H31N3O5/c1-17-14-18(2)27-21(15-17)32(30(38)34-27)31(20-8-5-6-9-22(20)33-29(31)37)26(23-10-7-13-35(23)32)28(36)19-11-12-24(39-3)25(16-19)40-4/h5-6,8-9,11-12,14-16,23,26H,7,10,13H2,1-4H3,(H,33,37)(H,34,38)/t23-,26+,31+,32-/m1/s1. The van der Waals surface area contributed by atoms with Crippen molar-refractivity contribution in [2.24, 2.45) is 5.92 Å². The Morgan fingerprint density at radius 2 is 1.70 bits per heavy atom. The number of nitrogens with zero attached hydrogens (tertiary/aromatic N) is 1. The topological polar surface area (TPSA) is 97.0 Å². The molecule has 0 radical (unpaired) electrons. The minimum absolute atomic E-state index is 0.188. The molecule has 0 saturated carbocycles. The van der Waals surface area contributed by atoms with E-state index >= 15 is 0 Å². The molecule has 4 aliphatic heterocycles. The number of fused-ring (bicyclic) bond motifs is 7. The molecule has 8 nitrogen and oxygen atoms in total. The van der Waals surface area contributed by atoms with Crippen LogP contribution >= 0.6 is 0 Å². The van der Waals surface area contributed by atoms with Gasteiger partial charge in [-0.15, -0.1) is 0 Å². The van der Waals surface area contributed by atoms with E-state index in [1.807, 2.05) is 50.2 Å². The lowest BCUT2D eigenvalue weighted by atomic mass is 9.57. The molecular weight excluding hydrogens is 506 g/mol. The van der Waals surface area contributed by atoms with E-state index in [0.29, 0.717) is 41.3 Å². The molecule has 0 aliphatic carbocycles. The van der Waals surface area contributed by atoms with Crippen molar-refractivity contribution in [2.45, 2.75) is 43.7 Å². The smallest absolute Gasteiger partial charge is 0.251 e. The van der Waals surface area contributed by atoms with Gasteiger partial charge in [-0.3, -0.25) is 19.3 Å². The summed E-state index contributed by atoms with van der Waals surface area (Å²) in [5.41, 5.74) is 2.34. The molecule has 0 aromatic heterocycles. The first-order chi connectivity index (χ1) is 19.3. The van der Waals surface area contributed by atoms with Crippen molar-refractivity contribution in [3.8, 4) is 11.5 Å². The van der Waals surface area contributed by atoms with Crippen molar-refractivity contribution >= 4 is 29.0 Å². The Bertz CT molecular complexity index is 1630. The lowest BCUT2D eigenvalue weighted by Gasteiger charge is -2.43. The third-order valence-corrected chi connectivity index (χ3v) is 9.50. The summed E-state index contributed by atoms with van der Waals surface area (Å²) in [7, 11) is 3.08. The van der Waals surface area contributed by atoms with Crippen molar-refractivity contribution in [3.05, 3.63) is 82.4 Å². The van der Waals surface area contributed by atoms with Crippen LogP contribution in [0.5, 0.6) is 11.5 Å². The normalized spacial score (nSPS) is 27.9. The highest BCUT2D eigenvalue weighted by Crippen LogP contribution is 2.68.